The van der Waals surface area contributed by atoms with Gasteiger partial charge >= 0.3 is 12.1 Å². The fraction of sp³-hybridized carbons (Fsp3) is 0.148. The predicted molar refractivity (Wildman–Crippen MR) is 142 cm³/mol. The van der Waals surface area contributed by atoms with Crippen LogP contribution in [0.25, 0.3) is 11.1 Å². The Bertz CT molecular complexity index is 1260. The minimum absolute atomic E-state index is 0.0453. The summed E-state index contributed by atoms with van der Waals surface area (Å²) in [5, 5.41) is 14.4. The van der Waals surface area contributed by atoms with Crippen LogP contribution in [0.4, 0.5) is 10.5 Å². The number of halogens is 1. The smallest absolute Gasteiger partial charge is 0.411 e. The lowest BCUT2D eigenvalue weighted by molar-refractivity contribution is -0.139. The molecule has 1 unspecified atom stereocenters. The Hall–Kier alpha value is -3.66. The van der Waals surface area contributed by atoms with Gasteiger partial charge in [-0.05, 0) is 69.5 Å². The summed E-state index contributed by atoms with van der Waals surface area (Å²) in [4.78, 5) is 36.3. The highest BCUT2D eigenvalue weighted by molar-refractivity contribution is 14.1. The molecule has 3 aromatic carbocycles. The van der Waals surface area contributed by atoms with E-state index in [4.69, 9.17) is 4.74 Å². The molecule has 3 aromatic rings. The molecule has 35 heavy (non-hydrogen) atoms. The highest BCUT2D eigenvalue weighted by Crippen LogP contribution is 2.44. The first-order valence-electron chi connectivity index (χ1n) is 10.9. The first-order chi connectivity index (χ1) is 16.9. The van der Waals surface area contributed by atoms with E-state index < -0.39 is 24.0 Å². The van der Waals surface area contributed by atoms with Gasteiger partial charge in [0.05, 0.1) is 5.69 Å². The summed E-state index contributed by atoms with van der Waals surface area (Å²) in [6.07, 6.45) is 0.947. The molecule has 0 spiro atoms. The first-order valence-corrected chi connectivity index (χ1v) is 12.0. The summed E-state index contributed by atoms with van der Waals surface area (Å²) in [6, 6.07) is 19.8. The summed E-state index contributed by atoms with van der Waals surface area (Å²) in [5.41, 5.74) is 5.32. The maximum absolute atomic E-state index is 12.6. The molecule has 2 amide bonds. The summed E-state index contributed by atoms with van der Waals surface area (Å²) < 4.78 is 6.19. The lowest BCUT2D eigenvalue weighted by atomic mass is 9.98. The molecule has 0 heterocycles. The van der Waals surface area contributed by atoms with Crippen LogP contribution in [-0.2, 0) is 9.53 Å². The molecular formula is C27H23IN2O5. The SMILES string of the molecule is C=CCC(NC(=O)c1ccc(NC(=O)OCC2c3ccccc3-c3ccccc32)c(I)c1)C(=O)O. The Morgan fingerprint density at radius 2 is 1.66 bits per heavy atom. The third-order valence-electron chi connectivity index (χ3n) is 5.82. The predicted octanol–water partition coefficient (Wildman–Crippen LogP) is 5.41. The average molecular weight is 582 g/mol. The van der Waals surface area contributed by atoms with Gasteiger partial charge in [0.1, 0.15) is 12.6 Å². The van der Waals surface area contributed by atoms with Crippen molar-refractivity contribution in [3.05, 3.63) is 99.6 Å². The largest absolute Gasteiger partial charge is 0.480 e. The Morgan fingerprint density at radius 3 is 2.23 bits per heavy atom. The fourth-order valence-electron chi connectivity index (χ4n) is 4.13. The molecule has 0 bridgehead atoms. The number of carboxylic acid groups (broad SMARTS) is 1. The lowest BCUT2D eigenvalue weighted by Crippen LogP contribution is -2.40. The molecular weight excluding hydrogens is 559 g/mol. The van der Waals surface area contributed by atoms with Gasteiger partial charge in [-0.3, -0.25) is 10.1 Å². The van der Waals surface area contributed by atoms with E-state index in [1.165, 1.54) is 12.1 Å². The summed E-state index contributed by atoms with van der Waals surface area (Å²) in [6.45, 7) is 3.70. The molecule has 1 aliphatic carbocycles. The van der Waals surface area contributed by atoms with Gasteiger partial charge in [0.15, 0.2) is 0 Å². The number of hydrogen-bond acceptors (Lipinski definition) is 4. The zero-order valence-electron chi connectivity index (χ0n) is 18.7. The maximum atomic E-state index is 12.6. The zero-order chi connectivity index (χ0) is 24.9. The molecule has 0 radical (unpaired) electrons. The standard InChI is InChI=1S/C27H23IN2O5/c1-2-7-24(26(32)33)29-25(31)16-12-13-23(22(28)14-16)30-27(34)35-15-21-19-10-5-3-8-17(19)18-9-4-6-11-20(18)21/h2-6,8-14,21,24H,1,7,15H2,(H,29,31)(H,30,34)(H,32,33). The molecule has 0 saturated carbocycles. The van der Waals surface area contributed by atoms with Gasteiger partial charge in [-0.2, -0.15) is 0 Å². The minimum Gasteiger partial charge on any atom is -0.480 e. The summed E-state index contributed by atoms with van der Waals surface area (Å²) >= 11 is 2.00. The number of carbonyl (C=O) groups excluding carboxylic acids is 2. The van der Waals surface area contributed by atoms with E-state index in [0.717, 1.165) is 22.3 Å². The molecule has 0 fully saturated rings. The maximum Gasteiger partial charge on any atom is 0.411 e. The highest BCUT2D eigenvalue weighted by atomic mass is 127. The second-order valence-corrected chi connectivity index (χ2v) is 9.20. The molecule has 8 heteroatoms. The van der Waals surface area contributed by atoms with E-state index in [1.54, 1.807) is 12.1 Å². The second kappa shape index (κ2) is 10.7. The number of hydrogen-bond donors (Lipinski definition) is 3. The van der Waals surface area contributed by atoms with Crippen molar-refractivity contribution in [2.45, 2.75) is 18.4 Å². The molecule has 1 aliphatic rings. The summed E-state index contributed by atoms with van der Waals surface area (Å²) in [7, 11) is 0. The zero-order valence-corrected chi connectivity index (χ0v) is 20.8. The third kappa shape index (κ3) is 5.37. The van der Waals surface area contributed by atoms with Crippen LogP contribution in [0.2, 0.25) is 0 Å². The van der Waals surface area contributed by atoms with Crippen molar-refractivity contribution in [2.75, 3.05) is 11.9 Å². The first kappa shape index (κ1) is 24.5. The number of ether oxygens (including phenoxy) is 1. The number of fused-ring (bicyclic) bond motifs is 3. The number of nitrogens with one attached hydrogen (secondary N) is 2. The van der Waals surface area contributed by atoms with Crippen molar-refractivity contribution in [3.8, 4) is 11.1 Å². The van der Waals surface area contributed by atoms with Crippen molar-refractivity contribution in [1.82, 2.24) is 5.32 Å². The Labute approximate surface area is 216 Å². The van der Waals surface area contributed by atoms with Crippen molar-refractivity contribution in [3.63, 3.8) is 0 Å². The third-order valence-corrected chi connectivity index (χ3v) is 6.71. The second-order valence-electron chi connectivity index (χ2n) is 8.03. The Balaban J connectivity index is 1.40. The van der Waals surface area contributed by atoms with Crippen LogP contribution in [0, 0.1) is 3.57 Å². The van der Waals surface area contributed by atoms with Crippen molar-refractivity contribution < 1.29 is 24.2 Å². The van der Waals surface area contributed by atoms with Crippen LogP contribution >= 0.6 is 22.6 Å². The van der Waals surface area contributed by atoms with Crippen molar-refractivity contribution in [1.29, 1.82) is 0 Å². The van der Waals surface area contributed by atoms with Crippen LogP contribution in [0.15, 0.2) is 79.4 Å². The fourth-order valence-corrected chi connectivity index (χ4v) is 4.78. The number of aliphatic carboxylic acids is 1. The Kier molecular flexibility index (Phi) is 7.50. The van der Waals surface area contributed by atoms with E-state index >= 15 is 0 Å². The minimum atomic E-state index is -1.14. The molecule has 7 nitrogen and oxygen atoms in total. The van der Waals surface area contributed by atoms with Crippen LogP contribution in [0.5, 0.6) is 0 Å². The van der Waals surface area contributed by atoms with Crippen LogP contribution in [0.1, 0.15) is 33.8 Å². The monoisotopic (exact) mass is 582 g/mol. The van der Waals surface area contributed by atoms with Gasteiger partial charge in [-0.25, -0.2) is 9.59 Å². The van der Waals surface area contributed by atoms with E-state index in [9.17, 15) is 19.5 Å². The van der Waals surface area contributed by atoms with E-state index in [0.29, 0.717) is 9.26 Å². The van der Waals surface area contributed by atoms with Gasteiger partial charge in [0.2, 0.25) is 0 Å². The number of carboxylic acids is 1. The number of benzene rings is 3. The molecule has 0 aromatic heterocycles. The quantitative estimate of drug-likeness (QED) is 0.244. The van der Waals surface area contributed by atoms with Gasteiger partial charge in [0, 0.05) is 15.1 Å². The average Bonchev–Trinajstić information content (AvgIpc) is 3.17. The van der Waals surface area contributed by atoms with Crippen LogP contribution in [-0.4, -0.2) is 35.7 Å². The molecule has 4 rings (SSSR count). The van der Waals surface area contributed by atoms with Gasteiger partial charge in [-0.1, -0.05) is 54.6 Å². The highest BCUT2D eigenvalue weighted by Gasteiger charge is 2.29. The number of rotatable bonds is 8. The van der Waals surface area contributed by atoms with E-state index in [2.05, 4.69) is 41.5 Å². The topological polar surface area (TPSA) is 105 Å². The van der Waals surface area contributed by atoms with Crippen LogP contribution in [0.3, 0.4) is 0 Å². The molecule has 178 valence electrons. The molecule has 1 atom stereocenters. The normalized spacial score (nSPS) is 12.7. The van der Waals surface area contributed by atoms with Crippen molar-refractivity contribution >= 4 is 46.2 Å². The van der Waals surface area contributed by atoms with Crippen LogP contribution < -0.4 is 10.6 Å². The number of carbonyl (C=O) groups is 3. The summed E-state index contributed by atoms with van der Waals surface area (Å²) in [5.74, 6) is -1.71. The Morgan fingerprint density at radius 1 is 1.03 bits per heavy atom. The van der Waals surface area contributed by atoms with E-state index in [-0.39, 0.29) is 24.5 Å². The van der Waals surface area contributed by atoms with Gasteiger partial charge in [-0.15, -0.1) is 6.58 Å². The lowest BCUT2D eigenvalue weighted by Gasteiger charge is -2.16. The van der Waals surface area contributed by atoms with Crippen molar-refractivity contribution in [2.24, 2.45) is 0 Å². The van der Waals surface area contributed by atoms with E-state index in [1.807, 2.05) is 46.9 Å². The van der Waals surface area contributed by atoms with Gasteiger partial charge in [0.25, 0.3) is 5.91 Å². The molecule has 0 aliphatic heterocycles. The number of amides is 2. The molecule has 3 N–H and O–H groups in total. The number of anilines is 1. The molecule has 0 saturated heterocycles. The van der Waals surface area contributed by atoms with Gasteiger partial charge < -0.3 is 15.2 Å².